The zero-order valence-electron chi connectivity index (χ0n) is 17.5. The Balaban J connectivity index is 1.73. The molecular weight excluding hydrogens is 442 g/mol. The molecule has 1 fully saturated rings. The molecule has 2 N–H and O–H groups in total. The second-order valence-electron chi connectivity index (χ2n) is 7.58. The Labute approximate surface area is 185 Å². The summed E-state index contributed by atoms with van der Waals surface area (Å²) in [5, 5.41) is 2.81. The van der Waals surface area contributed by atoms with Gasteiger partial charge in [-0.1, -0.05) is 19.3 Å². The Bertz CT molecular complexity index is 1100. The van der Waals surface area contributed by atoms with Crippen LogP contribution in [0.3, 0.4) is 0 Å². The summed E-state index contributed by atoms with van der Waals surface area (Å²) >= 11 is 0. The van der Waals surface area contributed by atoms with Gasteiger partial charge in [-0.05, 0) is 62.2 Å². The standard InChI is InChI=1S/C22H24F2N2O5S/c1-2-31-21(28)22(12-4-3-5-13-22)25-20(27)15-6-8-16(9-7-15)26-32(29,30)17-10-11-18(23)19(24)14-17/h6-11,14,26H,2-5,12-13H2,1H3,(H,25,27). The second kappa shape index (κ2) is 9.64. The number of nitrogens with one attached hydrogen (secondary N) is 2. The maximum absolute atomic E-state index is 13.4. The lowest BCUT2D eigenvalue weighted by molar-refractivity contribution is -0.152. The topological polar surface area (TPSA) is 102 Å². The van der Waals surface area contributed by atoms with Crippen LogP contribution in [-0.2, 0) is 19.6 Å². The minimum absolute atomic E-state index is 0.129. The molecule has 0 radical (unpaired) electrons. The molecule has 2 aromatic rings. The van der Waals surface area contributed by atoms with E-state index in [1.807, 2.05) is 0 Å². The first kappa shape index (κ1) is 23.6. The normalized spacial score (nSPS) is 15.6. The van der Waals surface area contributed by atoms with Gasteiger partial charge < -0.3 is 10.1 Å². The van der Waals surface area contributed by atoms with Crippen molar-refractivity contribution in [3.63, 3.8) is 0 Å². The molecule has 3 rings (SSSR count). The van der Waals surface area contributed by atoms with Gasteiger partial charge in [0.2, 0.25) is 0 Å². The van der Waals surface area contributed by atoms with Gasteiger partial charge in [-0.25, -0.2) is 22.0 Å². The van der Waals surface area contributed by atoms with Gasteiger partial charge in [0.1, 0.15) is 5.54 Å². The molecule has 0 unspecified atom stereocenters. The maximum atomic E-state index is 13.4. The minimum Gasteiger partial charge on any atom is -0.464 e. The van der Waals surface area contributed by atoms with Crippen LogP contribution in [0.25, 0.3) is 0 Å². The molecular formula is C22H24F2N2O5S. The molecule has 0 spiro atoms. The molecule has 0 aliphatic heterocycles. The monoisotopic (exact) mass is 466 g/mol. The number of halogens is 2. The summed E-state index contributed by atoms with van der Waals surface area (Å²) in [5.41, 5.74) is -0.711. The Morgan fingerprint density at radius 1 is 1.00 bits per heavy atom. The molecule has 0 atom stereocenters. The van der Waals surface area contributed by atoms with E-state index in [9.17, 15) is 26.8 Å². The summed E-state index contributed by atoms with van der Waals surface area (Å²) in [4.78, 5) is 24.9. The van der Waals surface area contributed by atoms with Crippen molar-refractivity contribution >= 4 is 27.6 Å². The lowest BCUT2D eigenvalue weighted by Gasteiger charge is -2.35. The molecule has 1 saturated carbocycles. The average Bonchev–Trinajstić information content (AvgIpc) is 2.76. The summed E-state index contributed by atoms with van der Waals surface area (Å²) in [7, 11) is -4.15. The van der Waals surface area contributed by atoms with Gasteiger partial charge in [-0.2, -0.15) is 0 Å². The Morgan fingerprint density at radius 2 is 1.66 bits per heavy atom. The number of carbonyl (C=O) groups excluding carboxylic acids is 2. The van der Waals surface area contributed by atoms with Gasteiger partial charge in [0, 0.05) is 11.3 Å². The highest BCUT2D eigenvalue weighted by molar-refractivity contribution is 7.92. The summed E-state index contributed by atoms with van der Waals surface area (Å²) in [6.45, 7) is 1.92. The summed E-state index contributed by atoms with van der Waals surface area (Å²) in [6.07, 6.45) is 3.55. The van der Waals surface area contributed by atoms with E-state index in [0.717, 1.165) is 31.4 Å². The fourth-order valence-electron chi connectivity index (χ4n) is 3.64. The Morgan fingerprint density at radius 3 is 2.25 bits per heavy atom. The highest BCUT2D eigenvalue weighted by Gasteiger charge is 2.42. The Hall–Kier alpha value is -3.01. The molecule has 172 valence electrons. The van der Waals surface area contributed by atoms with E-state index in [2.05, 4.69) is 10.0 Å². The van der Waals surface area contributed by atoms with Crippen molar-refractivity contribution in [1.82, 2.24) is 5.32 Å². The highest BCUT2D eigenvalue weighted by Crippen LogP contribution is 2.30. The van der Waals surface area contributed by atoms with E-state index in [0.29, 0.717) is 18.9 Å². The molecule has 7 nitrogen and oxygen atoms in total. The molecule has 10 heteroatoms. The van der Waals surface area contributed by atoms with E-state index in [4.69, 9.17) is 4.74 Å². The van der Waals surface area contributed by atoms with Gasteiger partial charge in [-0.15, -0.1) is 0 Å². The van der Waals surface area contributed by atoms with E-state index in [-0.39, 0.29) is 17.9 Å². The third-order valence-electron chi connectivity index (χ3n) is 5.33. The van der Waals surface area contributed by atoms with Crippen molar-refractivity contribution in [1.29, 1.82) is 0 Å². The molecule has 0 bridgehead atoms. The first-order chi connectivity index (χ1) is 15.2. The third kappa shape index (κ3) is 5.24. The van der Waals surface area contributed by atoms with Crippen molar-refractivity contribution in [3.05, 3.63) is 59.7 Å². The number of esters is 1. The number of rotatable bonds is 7. The number of hydrogen-bond acceptors (Lipinski definition) is 5. The zero-order chi connectivity index (χ0) is 23.4. The fraction of sp³-hybridized carbons (Fsp3) is 0.364. The van der Waals surface area contributed by atoms with Crippen molar-refractivity contribution < 1.29 is 31.5 Å². The molecule has 0 heterocycles. The quantitative estimate of drug-likeness (QED) is 0.605. The van der Waals surface area contributed by atoms with Crippen molar-refractivity contribution in [3.8, 4) is 0 Å². The van der Waals surface area contributed by atoms with Gasteiger partial charge in [-0.3, -0.25) is 9.52 Å². The summed E-state index contributed by atoms with van der Waals surface area (Å²) in [5.74, 6) is -3.37. The first-order valence-electron chi connectivity index (χ1n) is 10.2. The fourth-order valence-corrected chi connectivity index (χ4v) is 4.71. The van der Waals surface area contributed by atoms with E-state index in [1.165, 1.54) is 24.3 Å². The van der Waals surface area contributed by atoms with Gasteiger partial charge in [0.05, 0.1) is 11.5 Å². The van der Waals surface area contributed by atoms with Crippen LogP contribution < -0.4 is 10.0 Å². The maximum Gasteiger partial charge on any atom is 0.331 e. The number of hydrogen-bond donors (Lipinski definition) is 2. The number of benzene rings is 2. The number of ether oxygens (including phenoxy) is 1. The number of anilines is 1. The van der Waals surface area contributed by atoms with Crippen molar-refractivity contribution in [2.45, 2.75) is 49.5 Å². The molecule has 1 amide bonds. The van der Waals surface area contributed by atoms with Crippen LogP contribution in [0.4, 0.5) is 14.5 Å². The molecule has 1 aliphatic carbocycles. The molecule has 2 aromatic carbocycles. The minimum atomic E-state index is -4.15. The van der Waals surface area contributed by atoms with Crippen LogP contribution in [0.15, 0.2) is 47.4 Å². The lowest BCUT2D eigenvalue weighted by atomic mass is 9.81. The summed E-state index contributed by atoms with van der Waals surface area (Å²) < 4.78 is 58.6. The first-order valence-corrected chi connectivity index (χ1v) is 11.7. The molecule has 0 aromatic heterocycles. The van der Waals surface area contributed by atoms with Crippen LogP contribution in [0.2, 0.25) is 0 Å². The predicted molar refractivity (Wildman–Crippen MR) is 114 cm³/mol. The van der Waals surface area contributed by atoms with Gasteiger partial charge in [0.15, 0.2) is 11.6 Å². The second-order valence-corrected chi connectivity index (χ2v) is 9.26. The van der Waals surface area contributed by atoms with Crippen LogP contribution in [0, 0.1) is 11.6 Å². The summed E-state index contributed by atoms with van der Waals surface area (Å²) in [6, 6.07) is 7.79. The van der Waals surface area contributed by atoms with Gasteiger partial charge in [0.25, 0.3) is 15.9 Å². The highest BCUT2D eigenvalue weighted by atomic mass is 32.2. The smallest absolute Gasteiger partial charge is 0.331 e. The SMILES string of the molecule is CCOC(=O)C1(NC(=O)c2ccc(NS(=O)(=O)c3ccc(F)c(F)c3)cc2)CCCCC1. The molecule has 0 saturated heterocycles. The third-order valence-corrected chi connectivity index (χ3v) is 6.71. The largest absolute Gasteiger partial charge is 0.464 e. The van der Waals surface area contributed by atoms with E-state index >= 15 is 0 Å². The lowest BCUT2D eigenvalue weighted by Crippen LogP contribution is -2.56. The number of carbonyl (C=O) groups is 2. The molecule has 1 aliphatic rings. The van der Waals surface area contributed by atoms with Crippen molar-refractivity contribution in [2.75, 3.05) is 11.3 Å². The average molecular weight is 467 g/mol. The van der Waals surface area contributed by atoms with Crippen LogP contribution in [-0.4, -0.2) is 32.4 Å². The van der Waals surface area contributed by atoms with Gasteiger partial charge >= 0.3 is 5.97 Å². The number of amides is 1. The van der Waals surface area contributed by atoms with E-state index < -0.39 is 44.0 Å². The zero-order valence-corrected chi connectivity index (χ0v) is 18.3. The van der Waals surface area contributed by atoms with Crippen LogP contribution in [0.5, 0.6) is 0 Å². The van der Waals surface area contributed by atoms with Crippen LogP contribution >= 0.6 is 0 Å². The van der Waals surface area contributed by atoms with Crippen molar-refractivity contribution in [2.24, 2.45) is 0 Å². The van der Waals surface area contributed by atoms with E-state index in [1.54, 1.807) is 6.92 Å². The number of sulfonamides is 1. The molecule has 32 heavy (non-hydrogen) atoms. The van der Waals surface area contributed by atoms with Crippen LogP contribution in [0.1, 0.15) is 49.4 Å². The Kier molecular flexibility index (Phi) is 7.12. The predicted octanol–water partition coefficient (Wildman–Crippen LogP) is 3.76.